The molecule has 8 nitrogen and oxygen atoms in total. The lowest BCUT2D eigenvalue weighted by atomic mass is 10.0. The molecule has 11 heteroatoms. The van der Waals surface area contributed by atoms with Gasteiger partial charge in [-0.3, -0.25) is 19.6 Å². The highest BCUT2D eigenvalue weighted by Crippen LogP contribution is 2.22. The molecule has 182 valence electrons. The standard InChI is InChI=1S/C24H23F3N6O2/c1-15-10-16(11-28)2-4-19(15)20-13-30-33(23(20)35)21-5-3-17(12-29-21)22(34)31-18-6-8-32(9-7-18)14-24(25,26)27/h2-5,10,12-13,18,30H,6-9,14H2,1H3,(H,31,34). The Hall–Kier alpha value is -3.91. The predicted octanol–water partition coefficient (Wildman–Crippen LogP) is 3.16. The van der Waals surface area contributed by atoms with Crippen molar-refractivity contribution in [3.05, 3.63) is 69.8 Å². The number of nitrogens with zero attached hydrogens (tertiary/aromatic N) is 4. The molecule has 1 saturated heterocycles. The Morgan fingerprint density at radius 3 is 2.57 bits per heavy atom. The zero-order chi connectivity index (χ0) is 25.2. The van der Waals surface area contributed by atoms with Gasteiger partial charge in [0.05, 0.1) is 29.3 Å². The van der Waals surface area contributed by atoms with E-state index >= 15 is 0 Å². The second-order valence-electron chi connectivity index (χ2n) is 8.51. The van der Waals surface area contributed by atoms with E-state index in [1.807, 2.05) is 6.92 Å². The van der Waals surface area contributed by atoms with Gasteiger partial charge in [-0.1, -0.05) is 6.07 Å². The van der Waals surface area contributed by atoms with Gasteiger partial charge in [0.25, 0.3) is 11.5 Å². The fourth-order valence-corrected chi connectivity index (χ4v) is 4.18. The number of pyridine rings is 1. The molecule has 0 unspecified atom stereocenters. The summed E-state index contributed by atoms with van der Waals surface area (Å²) in [6.07, 6.45) is -0.453. The van der Waals surface area contributed by atoms with Gasteiger partial charge < -0.3 is 5.32 Å². The van der Waals surface area contributed by atoms with Gasteiger partial charge >= 0.3 is 6.18 Å². The Balaban J connectivity index is 1.41. The Bertz CT molecular complexity index is 1310. The molecule has 1 aliphatic rings. The summed E-state index contributed by atoms with van der Waals surface area (Å²) in [5.74, 6) is -0.0735. The predicted molar refractivity (Wildman–Crippen MR) is 122 cm³/mol. The summed E-state index contributed by atoms with van der Waals surface area (Å²) in [6.45, 7) is 1.40. The van der Waals surface area contributed by atoms with Crippen LogP contribution in [0.5, 0.6) is 0 Å². The van der Waals surface area contributed by atoms with Gasteiger partial charge in [0.2, 0.25) is 0 Å². The first kappa shape index (κ1) is 24.2. The van der Waals surface area contributed by atoms with Crippen LogP contribution in [0.25, 0.3) is 16.9 Å². The molecule has 3 aromatic rings. The van der Waals surface area contributed by atoms with Gasteiger partial charge in [-0.25, -0.2) is 9.67 Å². The lowest BCUT2D eigenvalue weighted by Gasteiger charge is -2.32. The van der Waals surface area contributed by atoms with E-state index < -0.39 is 12.7 Å². The summed E-state index contributed by atoms with van der Waals surface area (Å²) in [5, 5.41) is 14.7. The average molecular weight is 484 g/mol. The van der Waals surface area contributed by atoms with Gasteiger partial charge in [0, 0.05) is 31.5 Å². The molecule has 2 N–H and O–H groups in total. The molecule has 2 aromatic heterocycles. The van der Waals surface area contributed by atoms with E-state index in [0.717, 1.165) is 5.56 Å². The van der Waals surface area contributed by atoms with Crippen LogP contribution in [0.2, 0.25) is 0 Å². The number of alkyl halides is 3. The number of nitriles is 1. The molecule has 0 radical (unpaired) electrons. The number of aromatic nitrogens is 3. The van der Waals surface area contributed by atoms with E-state index in [-0.39, 0.29) is 36.2 Å². The molecule has 4 rings (SSSR count). The van der Waals surface area contributed by atoms with Crippen molar-refractivity contribution in [1.29, 1.82) is 5.26 Å². The van der Waals surface area contributed by atoms with Crippen molar-refractivity contribution in [2.75, 3.05) is 19.6 Å². The van der Waals surface area contributed by atoms with Gasteiger partial charge in [-0.15, -0.1) is 0 Å². The summed E-state index contributed by atoms with van der Waals surface area (Å²) in [7, 11) is 0. The van der Waals surface area contributed by atoms with Crippen LogP contribution in [-0.2, 0) is 0 Å². The van der Waals surface area contributed by atoms with Crippen molar-refractivity contribution in [3.63, 3.8) is 0 Å². The van der Waals surface area contributed by atoms with Crippen molar-refractivity contribution in [1.82, 2.24) is 25.0 Å². The molecule has 0 atom stereocenters. The third-order valence-corrected chi connectivity index (χ3v) is 5.98. The second kappa shape index (κ2) is 9.76. The average Bonchev–Trinajstić information content (AvgIpc) is 3.20. The Labute approximate surface area is 199 Å². The van der Waals surface area contributed by atoms with Crippen LogP contribution in [0.15, 0.2) is 47.5 Å². The third-order valence-electron chi connectivity index (χ3n) is 5.98. The maximum atomic E-state index is 12.9. The fraction of sp³-hybridized carbons (Fsp3) is 0.333. The van der Waals surface area contributed by atoms with Gasteiger partial charge in [0.1, 0.15) is 0 Å². The summed E-state index contributed by atoms with van der Waals surface area (Å²) in [5.41, 5.74) is 2.37. The number of rotatable bonds is 5. The van der Waals surface area contributed by atoms with Crippen LogP contribution in [0.4, 0.5) is 13.2 Å². The number of halogens is 3. The highest BCUT2D eigenvalue weighted by molar-refractivity contribution is 5.94. The number of piperidine rings is 1. The topological polar surface area (TPSA) is 107 Å². The summed E-state index contributed by atoms with van der Waals surface area (Å²) in [6, 6.07) is 10.00. The van der Waals surface area contributed by atoms with Crippen molar-refractivity contribution in [2.24, 2.45) is 0 Å². The van der Waals surface area contributed by atoms with Crippen molar-refractivity contribution >= 4 is 5.91 Å². The van der Waals surface area contributed by atoms with E-state index in [9.17, 15) is 22.8 Å². The molecule has 1 aromatic carbocycles. The molecule has 0 spiro atoms. The van der Waals surface area contributed by atoms with E-state index in [2.05, 4.69) is 21.5 Å². The van der Waals surface area contributed by atoms with Gasteiger partial charge in [0.15, 0.2) is 5.82 Å². The number of carbonyl (C=O) groups is 1. The minimum absolute atomic E-state index is 0.212. The number of aromatic amines is 1. The minimum Gasteiger partial charge on any atom is -0.349 e. The number of benzene rings is 1. The van der Waals surface area contributed by atoms with Crippen LogP contribution in [0.1, 0.15) is 34.3 Å². The smallest absolute Gasteiger partial charge is 0.349 e. The number of aryl methyl sites for hydroxylation is 1. The normalized spacial score (nSPS) is 15.1. The number of H-pyrrole nitrogens is 1. The van der Waals surface area contributed by atoms with Crippen LogP contribution in [-0.4, -0.2) is 57.4 Å². The maximum absolute atomic E-state index is 12.9. The van der Waals surface area contributed by atoms with E-state index in [1.54, 1.807) is 24.4 Å². The maximum Gasteiger partial charge on any atom is 0.401 e. The largest absolute Gasteiger partial charge is 0.401 e. The second-order valence-corrected chi connectivity index (χ2v) is 8.51. The Morgan fingerprint density at radius 1 is 1.23 bits per heavy atom. The first-order chi connectivity index (χ1) is 16.6. The van der Waals surface area contributed by atoms with Crippen molar-refractivity contribution in [3.8, 4) is 23.0 Å². The molecule has 0 aliphatic carbocycles. The van der Waals surface area contributed by atoms with Gasteiger partial charge in [-0.2, -0.15) is 18.4 Å². The quantitative estimate of drug-likeness (QED) is 0.579. The molecular formula is C24H23F3N6O2. The number of carbonyl (C=O) groups excluding carboxylic acids is 1. The fourth-order valence-electron chi connectivity index (χ4n) is 4.18. The zero-order valence-corrected chi connectivity index (χ0v) is 18.9. The third kappa shape index (κ3) is 5.60. The van der Waals surface area contributed by atoms with Crippen LogP contribution in [0.3, 0.4) is 0 Å². The first-order valence-corrected chi connectivity index (χ1v) is 11.0. The highest BCUT2D eigenvalue weighted by atomic mass is 19.4. The number of amides is 1. The minimum atomic E-state index is -4.23. The Morgan fingerprint density at radius 2 is 1.97 bits per heavy atom. The molecule has 3 heterocycles. The van der Waals surface area contributed by atoms with E-state index in [0.29, 0.717) is 35.3 Å². The molecule has 35 heavy (non-hydrogen) atoms. The SMILES string of the molecule is Cc1cc(C#N)ccc1-c1c[nH]n(-c2ccc(C(=O)NC3CCN(CC(F)(F)F)CC3)cn2)c1=O. The summed E-state index contributed by atoms with van der Waals surface area (Å²) in [4.78, 5) is 31.1. The summed E-state index contributed by atoms with van der Waals surface area (Å²) < 4.78 is 38.8. The molecular weight excluding hydrogens is 461 g/mol. The van der Waals surface area contributed by atoms with E-state index in [1.165, 1.54) is 27.9 Å². The lowest BCUT2D eigenvalue weighted by molar-refractivity contribution is -0.148. The summed E-state index contributed by atoms with van der Waals surface area (Å²) >= 11 is 0. The first-order valence-electron chi connectivity index (χ1n) is 11.0. The van der Waals surface area contributed by atoms with Crippen LogP contribution in [0, 0.1) is 18.3 Å². The molecule has 0 bridgehead atoms. The molecule has 1 amide bonds. The Kier molecular flexibility index (Phi) is 6.75. The molecule has 1 fully saturated rings. The van der Waals surface area contributed by atoms with Crippen molar-refractivity contribution < 1.29 is 18.0 Å². The highest BCUT2D eigenvalue weighted by Gasteiger charge is 2.32. The van der Waals surface area contributed by atoms with Crippen molar-refractivity contribution in [2.45, 2.75) is 32.0 Å². The van der Waals surface area contributed by atoms with Gasteiger partial charge in [-0.05, 0) is 55.2 Å². The number of hydrogen-bond acceptors (Lipinski definition) is 5. The monoisotopic (exact) mass is 484 g/mol. The molecule has 1 aliphatic heterocycles. The van der Waals surface area contributed by atoms with Crippen LogP contribution >= 0.6 is 0 Å². The number of hydrogen-bond donors (Lipinski definition) is 2. The van der Waals surface area contributed by atoms with Crippen LogP contribution < -0.4 is 10.9 Å². The lowest BCUT2D eigenvalue weighted by Crippen LogP contribution is -2.47. The number of likely N-dealkylation sites (tertiary alicyclic amines) is 1. The van der Waals surface area contributed by atoms with E-state index in [4.69, 9.17) is 5.26 Å². The molecule has 0 saturated carbocycles. The zero-order valence-electron chi connectivity index (χ0n) is 18.9. The number of nitrogens with one attached hydrogen (secondary N) is 2.